The highest BCUT2D eigenvalue weighted by atomic mass is 35.5. The predicted octanol–water partition coefficient (Wildman–Crippen LogP) is 2.37. The standard InChI is InChI=1S/C12H12ClN3/c13-11-8-15-6-4-10(11)12(14)7-9-3-1-2-5-16-9/h1-6,8,12H,7,14H2. The molecule has 82 valence electrons. The second kappa shape index (κ2) is 5.05. The molecule has 0 fully saturated rings. The van der Waals surface area contributed by atoms with Crippen molar-refractivity contribution >= 4 is 11.6 Å². The van der Waals surface area contributed by atoms with Gasteiger partial charge < -0.3 is 5.73 Å². The molecule has 0 aliphatic rings. The van der Waals surface area contributed by atoms with E-state index >= 15 is 0 Å². The molecule has 0 saturated heterocycles. The van der Waals surface area contributed by atoms with E-state index in [4.69, 9.17) is 17.3 Å². The van der Waals surface area contributed by atoms with E-state index in [0.29, 0.717) is 11.4 Å². The van der Waals surface area contributed by atoms with Gasteiger partial charge >= 0.3 is 0 Å². The molecular formula is C12H12ClN3. The van der Waals surface area contributed by atoms with Gasteiger partial charge in [0.1, 0.15) is 0 Å². The Morgan fingerprint density at radius 3 is 2.81 bits per heavy atom. The maximum absolute atomic E-state index is 6.08. The van der Waals surface area contributed by atoms with Crippen LogP contribution >= 0.6 is 11.6 Å². The SMILES string of the molecule is NC(Cc1ccccn1)c1ccncc1Cl. The average Bonchev–Trinajstić information content (AvgIpc) is 2.31. The number of pyridine rings is 2. The molecule has 0 radical (unpaired) electrons. The molecule has 2 N–H and O–H groups in total. The molecule has 4 heteroatoms. The Bertz CT molecular complexity index is 459. The summed E-state index contributed by atoms with van der Waals surface area (Å²) in [5.41, 5.74) is 7.94. The average molecular weight is 234 g/mol. The van der Waals surface area contributed by atoms with Gasteiger partial charge in [-0.1, -0.05) is 17.7 Å². The van der Waals surface area contributed by atoms with Crippen LogP contribution in [0.4, 0.5) is 0 Å². The molecule has 0 spiro atoms. The van der Waals surface area contributed by atoms with Crippen LogP contribution in [0.5, 0.6) is 0 Å². The largest absolute Gasteiger partial charge is 0.324 e. The monoisotopic (exact) mass is 233 g/mol. The Morgan fingerprint density at radius 2 is 2.12 bits per heavy atom. The van der Waals surface area contributed by atoms with Crippen LogP contribution in [0.1, 0.15) is 17.3 Å². The third-order valence-corrected chi connectivity index (χ3v) is 2.67. The van der Waals surface area contributed by atoms with Crippen molar-refractivity contribution in [2.45, 2.75) is 12.5 Å². The fourth-order valence-corrected chi connectivity index (χ4v) is 1.80. The van der Waals surface area contributed by atoms with E-state index in [-0.39, 0.29) is 6.04 Å². The first-order valence-corrected chi connectivity index (χ1v) is 5.40. The summed E-state index contributed by atoms with van der Waals surface area (Å²) in [4.78, 5) is 8.17. The Balaban J connectivity index is 2.15. The van der Waals surface area contributed by atoms with Gasteiger partial charge in [0, 0.05) is 36.7 Å². The maximum Gasteiger partial charge on any atom is 0.0637 e. The minimum Gasteiger partial charge on any atom is -0.324 e. The van der Waals surface area contributed by atoms with Crippen molar-refractivity contribution < 1.29 is 0 Å². The van der Waals surface area contributed by atoms with Crippen LogP contribution in [0, 0.1) is 0 Å². The molecule has 2 rings (SSSR count). The highest BCUT2D eigenvalue weighted by Crippen LogP contribution is 2.22. The number of aromatic nitrogens is 2. The van der Waals surface area contributed by atoms with Crippen LogP contribution in [0.25, 0.3) is 0 Å². The molecule has 0 aliphatic carbocycles. The molecule has 2 heterocycles. The Morgan fingerprint density at radius 1 is 1.25 bits per heavy atom. The lowest BCUT2D eigenvalue weighted by atomic mass is 10.0. The molecule has 1 unspecified atom stereocenters. The summed E-state index contributed by atoms with van der Waals surface area (Å²) >= 11 is 6.02. The molecule has 1 atom stereocenters. The topological polar surface area (TPSA) is 51.8 Å². The maximum atomic E-state index is 6.08. The molecule has 0 aliphatic heterocycles. The van der Waals surface area contributed by atoms with Crippen LogP contribution in [0.3, 0.4) is 0 Å². The van der Waals surface area contributed by atoms with Crippen molar-refractivity contribution in [1.29, 1.82) is 0 Å². The van der Waals surface area contributed by atoms with Crippen molar-refractivity contribution in [2.24, 2.45) is 5.73 Å². The van der Waals surface area contributed by atoms with Crippen molar-refractivity contribution in [3.8, 4) is 0 Å². The van der Waals surface area contributed by atoms with Gasteiger partial charge in [-0.05, 0) is 23.8 Å². The Kier molecular flexibility index (Phi) is 3.49. The number of nitrogens with two attached hydrogens (primary N) is 1. The van der Waals surface area contributed by atoms with Gasteiger partial charge in [0.2, 0.25) is 0 Å². The summed E-state index contributed by atoms with van der Waals surface area (Å²) < 4.78 is 0. The number of halogens is 1. The Hall–Kier alpha value is -1.45. The van der Waals surface area contributed by atoms with Crippen LogP contribution in [-0.4, -0.2) is 9.97 Å². The lowest BCUT2D eigenvalue weighted by Gasteiger charge is -2.12. The van der Waals surface area contributed by atoms with Gasteiger partial charge in [0.15, 0.2) is 0 Å². The zero-order valence-corrected chi connectivity index (χ0v) is 9.43. The van der Waals surface area contributed by atoms with Crippen LogP contribution in [0.2, 0.25) is 5.02 Å². The fourth-order valence-electron chi connectivity index (χ4n) is 1.54. The van der Waals surface area contributed by atoms with Gasteiger partial charge in [-0.2, -0.15) is 0 Å². The van der Waals surface area contributed by atoms with Gasteiger partial charge in [-0.15, -0.1) is 0 Å². The second-order valence-corrected chi connectivity index (χ2v) is 3.94. The fraction of sp³-hybridized carbons (Fsp3) is 0.167. The summed E-state index contributed by atoms with van der Waals surface area (Å²) in [5.74, 6) is 0. The lowest BCUT2D eigenvalue weighted by molar-refractivity contribution is 0.705. The molecule has 0 bridgehead atoms. The summed E-state index contributed by atoms with van der Waals surface area (Å²) in [7, 11) is 0. The van der Waals surface area contributed by atoms with E-state index in [1.807, 2.05) is 24.3 Å². The normalized spacial score (nSPS) is 12.4. The Labute approximate surface area is 99.3 Å². The van der Waals surface area contributed by atoms with Crippen molar-refractivity contribution in [3.05, 3.63) is 59.1 Å². The third kappa shape index (κ3) is 2.56. The van der Waals surface area contributed by atoms with E-state index in [1.54, 1.807) is 18.6 Å². The number of rotatable bonds is 3. The lowest BCUT2D eigenvalue weighted by Crippen LogP contribution is -2.14. The summed E-state index contributed by atoms with van der Waals surface area (Å²) in [6.07, 6.45) is 5.73. The first-order chi connectivity index (χ1) is 7.77. The van der Waals surface area contributed by atoms with E-state index in [0.717, 1.165) is 11.3 Å². The second-order valence-electron chi connectivity index (χ2n) is 3.53. The van der Waals surface area contributed by atoms with Gasteiger partial charge in [0.25, 0.3) is 0 Å². The van der Waals surface area contributed by atoms with E-state index in [1.165, 1.54) is 0 Å². The number of hydrogen-bond donors (Lipinski definition) is 1. The summed E-state index contributed by atoms with van der Waals surface area (Å²) in [6.45, 7) is 0. The minimum atomic E-state index is -0.148. The van der Waals surface area contributed by atoms with Crippen LogP contribution in [0.15, 0.2) is 42.9 Å². The summed E-state index contributed by atoms with van der Waals surface area (Å²) in [5, 5.41) is 0.603. The van der Waals surface area contributed by atoms with Crippen LogP contribution < -0.4 is 5.73 Å². The first-order valence-electron chi connectivity index (χ1n) is 5.02. The molecular weight excluding hydrogens is 222 g/mol. The van der Waals surface area contributed by atoms with E-state index in [2.05, 4.69) is 9.97 Å². The van der Waals surface area contributed by atoms with E-state index in [9.17, 15) is 0 Å². The molecule has 16 heavy (non-hydrogen) atoms. The smallest absolute Gasteiger partial charge is 0.0637 e. The van der Waals surface area contributed by atoms with Crippen LogP contribution in [-0.2, 0) is 6.42 Å². The number of hydrogen-bond acceptors (Lipinski definition) is 3. The third-order valence-electron chi connectivity index (χ3n) is 2.36. The van der Waals surface area contributed by atoms with Gasteiger partial charge in [-0.25, -0.2) is 0 Å². The van der Waals surface area contributed by atoms with E-state index < -0.39 is 0 Å². The predicted molar refractivity (Wildman–Crippen MR) is 64.1 cm³/mol. The van der Waals surface area contributed by atoms with Gasteiger partial charge in [-0.3, -0.25) is 9.97 Å². The van der Waals surface area contributed by atoms with Crippen molar-refractivity contribution in [3.63, 3.8) is 0 Å². The zero-order valence-electron chi connectivity index (χ0n) is 8.68. The highest BCUT2D eigenvalue weighted by molar-refractivity contribution is 6.31. The van der Waals surface area contributed by atoms with Crippen molar-refractivity contribution in [2.75, 3.05) is 0 Å². The van der Waals surface area contributed by atoms with Crippen molar-refractivity contribution in [1.82, 2.24) is 9.97 Å². The zero-order chi connectivity index (χ0) is 11.4. The number of nitrogens with zero attached hydrogens (tertiary/aromatic N) is 2. The molecule has 3 nitrogen and oxygen atoms in total. The first kappa shape index (κ1) is 11.0. The minimum absolute atomic E-state index is 0.148. The summed E-state index contributed by atoms with van der Waals surface area (Å²) in [6, 6.07) is 7.48. The highest BCUT2D eigenvalue weighted by Gasteiger charge is 2.10. The molecule has 0 amide bonds. The molecule has 2 aromatic rings. The molecule has 0 saturated carbocycles. The van der Waals surface area contributed by atoms with Gasteiger partial charge in [0.05, 0.1) is 5.02 Å². The quantitative estimate of drug-likeness (QED) is 0.886. The molecule has 2 aromatic heterocycles. The molecule has 0 aromatic carbocycles.